The van der Waals surface area contributed by atoms with Gasteiger partial charge in [0.2, 0.25) is 5.91 Å². The zero-order valence-corrected chi connectivity index (χ0v) is 12.2. The van der Waals surface area contributed by atoms with Crippen molar-refractivity contribution in [1.82, 2.24) is 10.6 Å². The van der Waals surface area contributed by atoms with E-state index in [9.17, 15) is 9.18 Å². The minimum absolute atomic E-state index is 0.0623. The van der Waals surface area contributed by atoms with Crippen LogP contribution in [0.25, 0.3) is 0 Å². The maximum Gasteiger partial charge on any atom is 0.237 e. The van der Waals surface area contributed by atoms with Crippen molar-refractivity contribution in [1.29, 1.82) is 0 Å². The van der Waals surface area contributed by atoms with E-state index in [4.69, 9.17) is 0 Å². The van der Waals surface area contributed by atoms with E-state index < -0.39 is 0 Å². The highest BCUT2D eigenvalue weighted by Crippen LogP contribution is 2.22. The highest BCUT2D eigenvalue weighted by atomic mass is 19.1. The van der Waals surface area contributed by atoms with Gasteiger partial charge in [-0.1, -0.05) is 32.4 Å². The van der Waals surface area contributed by atoms with E-state index in [-0.39, 0.29) is 23.2 Å². The Morgan fingerprint density at radius 3 is 2.65 bits per heavy atom. The van der Waals surface area contributed by atoms with Crippen LogP contribution in [0.4, 0.5) is 4.39 Å². The third-order valence-electron chi connectivity index (χ3n) is 3.96. The topological polar surface area (TPSA) is 41.1 Å². The van der Waals surface area contributed by atoms with E-state index in [1.165, 1.54) is 12.1 Å². The van der Waals surface area contributed by atoms with Gasteiger partial charge in [0.05, 0.1) is 6.04 Å². The van der Waals surface area contributed by atoms with Crippen LogP contribution in [0.15, 0.2) is 24.3 Å². The number of rotatable bonds is 4. The Bertz CT molecular complexity index is 450. The molecule has 0 aliphatic carbocycles. The number of piperidine rings is 1. The molecule has 0 radical (unpaired) electrons. The monoisotopic (exact) mass is 278 g/mol. The molecule has 1 aliphatic heterocycles. The zero-order chi connectivity index (χ0) is 14.6. The van der Waals surface area contributed by atoms with Gasteiger partial charge >= 0.3 is 0 Å². The van der Waals surface area contributed by atoms with Crippen molar-refractivity contribution in [2.45, 2.75) is 44.6 Å². The second kappa shape index (κ2) is 6.35. The summed E-state index contributed by atoms with van der Waals surface area (Å²) < 4.78 is 13.0. The molecule has 2 rings (SSSR count). The molecule has 1 amide bonds. The van der Waals surface area contributed by atoms with Crippen molar-refractivity contribution in [3.05, 3.63) is 35.6 Å². The Kier molecular flexibility index (Phi) is 4.76. The maximum absolute atomic E-state index is 13.0. The summed E-state index contributed by atoms with van der Waals surface area (Å²) in [6, 6.07) is 6.41. The molecule has 0 aromatic heterocycles. The summed E-state index contributed by atoms with van der Waals surface area (Å²) in [5.41, 5.74) is 0.814. The normalized spacial score (nSPS) is 19.6. The predicted octanol–water partition coefficient (Wildman–Crippen LogP) is 2.36. The number of carbonyl (C=O) groups is 1. The SMILES string of the molecule is CC(C)(CNC(=O)C1CCCCN1)c1ccc(F)cc1. The van der Waals surface area contributed by atoms with Crippen LogP contribution in [0.5, 0.6) is 0 Å². The van der Waals surface area contributed by atoms with E-state index in [1.807, 2.05) is 0 Å². The summed E-state index contributed by atoms with van der Waals surface area (Å²) >= 11 is 0. The fraction of sp³-hybridized carbons (Fsp3) is 0.562. The molecule has 1 unspecified atom stereocenters. The van der Waals surface area contributed by atoms with Crippen molar-refractivity contribution in [2.75, 3.05) is 13.1 Å². The molecular weight excluding hydrogens is 255 g/mol. The van der Waals surface area contributed by atoms with Crippen LogP contribution in [0.1, 0.15) is 38.7 Å². The largest absolute Gasteiger partial charge is 0.354 e. The number of hydrogen-bond donors (Lipinski definition) is 2. The molecule has 1 aromatic carbocycles. The van der Waals surface area contributed by atoms with Crippen LogP contribution in [0.2, 0.25) is 0 Å². The Morgan fingerprint density at radius 2 is 2.05 bits per heavy atom. The van der Waals surface area contributed by atoms with Crippen LogP contribution in [-0.2, 0) is 10.2 Å². The summed E-state index contributed by atoms with van der Waals surface area (Å²) in [6.45, 7) is 5.57. The van der Waals surface area contributed by atoms with E-state index in [0.29, 0.717) is 6.54 Å². The van der Waals surface area contributed by atoms with Crippen molar-refractivity contribution < 1.29 is 9.18 Å². The lowest BCUT2D eigenvalue weighted by Gasteiger charge is -2.28. The standard InChI is InChI=1S/C16H23FN2O/c1-16(2,12-6-8-13(17)9-7-12)11-19-15(20)14-5-3-4-10-18-14/h6-9,14,18H,3-5,10-11H2,1-2H3,(H,19,20). The summed E-state index contributed by atoms with van der Waals surface area (Å²) in [7, 11) is 0. The smallest absolute Gasteiger partial charge is 0.237 e. The molecule has 0 spiro atoms. The van der Waals surface area contributed by atoms with E-state index in [0.717, 1.165) is 31.4 Å². The number of amides is 1. The van der Waals surface area contributed by atoms with Gasteiger partial charge in [-0.3, -0.25) is 4.79 Å². The molecule has 1 heterocycles. The molecular formula is C16H23FN2O. The van der Waals surface area contributed by atoms with Gasteiger partial charge in [-0.2, -0.15) is 0 Å². The number of carbonyl (C=O) groups excluding carboxylic acids is 1. The number of hydrogen-bond acceptors (Lipinski definition) is 2. The average Bonchev–Trinajstić information content (AvgIpc) is 2.46. The summed E-state index contributed by atoms with van der Waals surface area (Å²) in [4.78, 5) is 12.1. The van der Waals surface area contributed by atoms with Gasteiger partial charge in [-0.25, -0.2) is 4.39 Å². The molecule has 1 saturated heterocycles. The Labute approximate surface area is 120 Å². The van der Waals surface area contributed by atoms with Crippen LogP contribution < -0.4 is 10.6 Å². The zero-order valence-electron chi connectivity index (χ0n) is 12.2. The molecule has 1 atom stereocenters. The van der Waals surface area contributed by atoms with Gasteiger partial charge < -0.3 is 10.6 Å². The molecule has 0 bridgehead atoms. The first-order valence-electron chi connectivity index (χ1n) is 7.26. The third-order valence-corrected chi connectivity index (χ3v) is 3.96. The Hall–Kier alpha value is -1.42. The average molecular weight is 278 g/mol. The molecule has 2 N–H and O–H groups in total. The fourth-order valence-electron chi connectivity index (χ4n) is 2.51. The lowest BCUT2D eigenvalue weighted by Crippen LogP contribution is -2.49. The molecule has 20 heavy (non-hydrogen) atoms. The van der Waals surface area contributed by atoms with Gasteiger partial charge in [0.25, 0.3) is 0 Å². The number of benzene rings is 1. The summed E-state index contributed by atoms with van der Waals surface area (Å²) in [5.74, 6) is -0.167. The molecule has 4 heteroatoms. The first-order valence-corrected chi connectivity index (χ1v) is 7.26. The minimum atomic E-state index is -0.236. The quantitative estimate of drug-likeness (QED) is 0.887. The highest BCUT2D eigenvalue weighted by molar-refractivity contribution is 5.81. The van der Waals surface area contributed by atoms with Crippen LogP contribution in [0.3, 0.4) is 0 Å². The van der Waals surface area contributed by atoms with Crippen molar-refractivity contribution in [2.24, 2.45) is 0 Å². The lowest BCUT2D eigenvalue weighted by atomic mass is 9.84. The van der Waals surface area contributed by atoms with Crippen molar-refractivity contribution in [3.63, 3.8) is 0 Å². The maximum atomic E-state index is 13.0. The molecule has 1 aromatic rings. The minimum Gasteiger partial charge on any atom is -0.354 e. The molecule has 110 valence electrons. The van der Waals surface area contributed by atoms with Crippen LogP contribution in [0, 0.1) is 5.82 Å². The molecule has 1 aliphatic rings. The first kappa shape index (κ1) is 15.0. The fourth-order valence-corrected chi connectivity index (χ4v) is 2.51. The highest BCUT2D eigenvalue weighted by Gasteiger charge is 2.25. The number of halogens is 1. The predicted molar refractivity (Wildman–Crippen MR) is 78.1 cm³/mol. The van der Waals surface area contributed by atoms with Gasteiger partial charge in [-0.05, 0) is 37.1 Å². The molecule has 3 nitrogen and oxygen atoms in total. The van der Waals surface area contributed by atoms with E-state index >= 15 is 0 Å². The van der Waals surface area contributed by atoms with Gasteiger partial charge in [0, 0.05) is 12.0 Å². The van der Waals surface area contributed by atoms with E-state index in [1.54, 1.807) is 12.1 Å². The Balaban J connectivity index is 1.91. The third kappa shape index (κ3) is 3.79. The lowest BCUT2D eigenvalue weighted by molar-refractivity contribution is -0.123. The summed E-state index contributed by atoms with van der Waals surface area (Å²) in [5, 5.41) is 6.25. The van der Waals surface area contributed by atoms with Crippen LogP contribution in [-0.4, -0.2) is 25.0 Å². The Morgan fingerprint density at radius 1 is 1.35 bits per heavy atom. The van der Waals surface area contributed by atoms with Crippen molar-refractivity contribution in [3.8, 4) is 0 Å². The van der Waals surface area contributed by atoms with E-state index in [2.05, 4.69) is 24.5 Å². The van der Waals surface area contributed by atoms with Gasteiger partial charge in [0.1, 0.15) is 5.82 Å². The summed E-state index contributed by atoms with van der Waals surface area (Å²) in [6.07, 6.45) is 3.15. The van der Waals surface area contributed by atoms with Crippen molar-refractivity contribution >= 4 is 5.91 Å². The first-order chi connectivity index (χ1) is 9.49. The second-order valence-corrected chi connectivity index (χ2v) is 6.11. The second-order valence-electron chi connectivity index (χ2n) is 6.11. The van der Waals surface area contributed by atoms with Gasteiger partial charge in [0.15, 0.2) is 0 Å². The van der Waals surface area contributed by atoms with Crippen LogP contribution >= 0.6 is 0 Å². The van der Waals surface area contributed by atoms with Gasteiger partial charge in [-0.15, -0.1) is 0 Å². The molecule has 1 fully saturated rings. The molecule has 0 saturated carbocycles. The number of nitrogens with one attached hydrogen (secondary N) is 2.